The van der Waals surface area contributed by atoms with Crippen molar-refractivity contribution in [2.75, 3.05) is 7.11 Å². The highest BCUT2D eigenvalue weighted by Gasteiger charge is 2.23. The highest BCUT2D eigenvalue weighted by Crippen LogP contribution is 2.35. The Labute approximate surface area is 104 Å². The molecule has 1 aromatic rings. The first-order chi connectivity index (χ1) is 8.17. The number of rotatable bonds is 5. The van der Waals surface area contributed by atoms with Gasteiger partial charge in [-0.2, -0.15) is 5.26 Å². The van der Waals surface area contributed by atoms with Crippen molar-refractivity contribution in [2.24, 2.45) is 5.92 Å². The molecule has 0 aromatic heterocycles. The maximum atomic E-state index is 9.42. The molecule has 1 rings (SSSR count). The van der Waals surface area contributed by atoms with Gasteiger partial charge in [-0.3, -0.25) is 0 Å². The molecule has 1 aromatic carbocycles. The lowest BCUT2D eigenvalue weighted by Gasteiger charge is -2.21. The summed E-state index contributed by atoms with van der Waals surface area (Å²) < 4.78 is 5.37. The molecule has 17 heavy (non-hydrogen) atoms. The minimum absolute atomic E-state index is 0.0696. The predicted molar refractivity (Wildman–Crippen MR) is 70.2 cm³/mol. The van der Waals surface area contributed by atoms with Gasteiger partial charge in [-0.05, 0) is 18.9 Å². The largest absolute Gasteiger partial charge is 0.496 e. The number of ether oxygens (including phenoxy) is 1. The molecule has 1 atom stereocenters. The molecule has 0 radical (unpaired) electrons. The number of methoxy groups -OCH3 is 1. The molecule has 0 saturated heterocycles. The van der Waals surface area contributed by atoms with Crippen molar-refractivity contribution in [1.82, 2.24) is 0 Å². The van der Waals surface area contributed by atoms with Crippen molar-refractivity contribution < 1.29 is 4.74 Å². The lowest BCUT2D eigenvalue weighted by molar-refractivity contribution is 0.392. The summed E-state index contributed by atoms with van der Waals surface area (Å²) in [6.45, 7) is 6.33. The third-order valence-electron chi connectivity index (χ3n) is 3.38. The lowest BCUT2D eigenvalue weighted by atomic mass is 9.83. The van der Waals surface area contributed by atoms with E-state index in [4.69, 9.17) is 4.74 Å². The fourth-order valence-corrected chi connectivity index (χ4v) is 2.29. The molecule has 92 valence electrons. The SMILES string of the molecule is CCC(CC)C(C#N)c1cc(C)ccc1OC. The second kappa shape index (κ2) is 6.30. The predicted octanol–water partition coefficient (Wildman–Crippen LogP) is 4.05. The molecular formula is C15H21NO. The van der Waals surface area contributed by atoms with E-state index in [1.807, 2.05) is 19.1 Å². The van der Waals surface area contributed by atoms with Crippen LogP contribution in [0.2, 0.25) is 0 Å². The first kappa shape index (κ1) is 13.6. The van der Waals surface area contributed by atoms with Crippen LogP contribution in [0.25, 0.3) is 0 Å². The standard InChI is InChI=1S/C15H21NO/c1-5-12(6-2)14(10-16)13-9-11(3)7-8-15(13)17-4/h7-9,12,14H,5-6H2,1-4H3. The van der Waals surface area contributed by atoms with E-state index in [0.717, 1.165) is 24.2 Å². The van der Waals surface area contributed by atoms with Gasteiger partial charge in [0.05, 0.1) is 19.1 Å². The number of hydrogen-bond donors (Lipinski definition) is 0. The van der Waals surface area contributed by atoms with Crippen LogP contribution in [0.5, 0.6) is 5.75 Å². The molecule has 0 bridgehead atoms. The summed E-state index contributed by atoms with van der Waals surface area (Å²) in [5.41, 5.74) is 2.20. The Balaban J connectivity index is 3.19. The van der Waals surface area contributed by atoms with E-state index >= 15 is 0 Å². The zero-order valence-electron chi connectivity index (χ0n) is 11.2. The summed E-state index contributed by atoms with van der Waals surface area (Å²) in [5.74, 6) is 1.16. The number of nitrogens with zero attached hydrogens (tertiary/aromatic N) is 1. The van der Waals surface area contributed by atoms with E-state index in [-0.39, 0.29) is 5.92 Å². The van der Waals surface area contributed by atoms with Crippen molar-refractivity contribution in [3.63, 3.8) is 0 Å². The summed E-state index contributed by atoms with van der Waals surface area (Å²) in [7, 11) is 1.66. The van der Waals surface area contributed by atoms with Gasteiger partial charge in [0.15, 0.2) is 0 Å². The van der Waals surface area contributed by atoms with Crippen molar-refractivity contribution in [2.45, 2.75) is 39.5 Å². The number of nitriles is 1. The molecule has 2 nitrogen and oxygen atoms in total. The van der Waals surface area contributed by atoms with Gasteiger partial charge < -0.3 is 4.74 Å². The van der Waals surface area contributed by atoms with E-state index in [2.05, 4.69) is 26.0 Å². The summed E-state index contributed by atoms with van der Waals surface area (Å²) in [4.78, 5) is 0. The molecule has 2 heteroatoms. The topological polar surface area (TPSA) is 33.0 Å². The normalized spacial score (nSPS) is 12.2. The molecule has 0 N–H and O–H groups in total. The smallest absolute Gasteiger partial charge is 0.123 e. The van der Waals surface area contributed by atoms with Crippen LogP contribution in [0.3, 0.4) is 0 Å². The van der Waals surface area contributed by atoms with Gasteiger partial charge in [0.1, 0.15) is 5.75 Å². The third kappa shape index (κ3) is 3.00. The zero-order valence-corrected chi connectivity index (χ0v) is 11.2. The first-order valence-corrected chi connectivity index (χ1v) is 6.22. The molecule has 0 aliphatic carbocycles. The second-order valence-electron chi connectivity index (χ2n) is 4.43. The van der Waals surface area contributed by atoms with Crippen LogP contribution < -0.4 is 4.74 Å². The number of hydrogen-bond acceptors (Lipinski definition) is 2. The molecule has 0 aliphatic heterocycles. The van der Waals surface area contributed by atoms with Gasteiger partial charge in [0.2, 0.25) is 0 Å². The average molecular weight is 231 g/mol. The minimum atomic E-state index is -0.0696. The van der Waals surface area contributed by atoms with Gasteiger partial charge in [-0.15, -0.1) is 0 Å². The Morgan fingerprint density at radius 2 is 1.94 bits per heavy atom. The van der Waals surface area contributed by atoms with Crippen LogP contribution in [-0.4, -0.2) is 7.11 Å². The molecule has 0 fully saturated rings. The maximum absolute atomic E-state index is 9.42. The van der Waals surface area contributed by atoms with E-state index in [0.29, 0.717) is 5.92 Å². The van der Waals surface area contributed by atoms with Crippen molar-refractivity contribution in [3.05, 3.63) is 29.3 Å². The Bertz CT molecular complexity index is 402. The van der Waals surface area contributed by atoms with Crippen LogP contribution in [0.4, 0.5) is 0 Å². The molecule has 0 saturated carbocycles. The van der Waals surface area contributed by atoms with Crippen LogP contribution in [-0.2, 0) is 0 Å². The summed E-state index contributed by atoms with van der Waals surface area (Å²) in [5, 5.41) is 9.42. The van der Waals surface area contributed by atoms with E-state index < -0.39 is 0 Å². The first-order valence-electron chi connectivity index (χ1n) is 6.22. The Hall–Kier alpha value is -1.49. The zero-order chi connectivity index (χ0) is 12.8. The monoisotopic (exact) mass is 231 g/mol. The van der Waals surface area contributed by atoms with Gasteiger partial charge in [-0.25, -0.2) is 0 Å². The molecule has 0 spiro atoms. The van der Waals surface area contributed by atoms with Gasteiger partial charge >= 0.3 is 0 Å². The van der Waals surface area contributed by atoms with Gasteiger partial charge in [0, 0.05) is 5.56 Å². The average Bonchev–Trinajstić information content (AvgIpc) is 2.35. The minimum Gasteiger partial charge on any atom is -0.496 e. The quantitative estimate of drug-likeness (QED) is 0.766. The fourth-order valence-electron chi connectivity index (χ4n) is 2.29. The third-order valence-corrected chi connectivity index (χ3v) is 3.38. The number of benzene rings is 1. The second-order valence-corrected chi connectivity index (χ2v) is 4.43. The van der Waals surface area contributed by atoms with E-state index in [1.165, 1.54) is 5.56 Å². The Morgan fingerprint density at radius 1 is 1.29 bits per heavy atom. The molecular weight excluding hydrogens is 210 g/mol. The number of aryl methyl sites for hydroxylation is 1. The van der Waals surface area contributed by atoms with E-state index in [1.54, 1.807) is 7.11 Å². The van der Waals surface area contributed by atoms with Gasteiger partial charge in [0.25, 0.3) is 0 Å². The molecule has 0 aliphatic rings. The fraction of sp³-hybridized carbons (Fsp3) is 0.533. The summed E-state index contributed by atoms with van der Waals surface area (Å²) in [6, 6.07) is 8.49. The van der Waals surface area contributed by atoms with Crippen LogP contribution in [0, 0.1) is 24.2 Å². The highest BCUT2D eigenvalue weighted by molar-refractivity contribution is 5.42. The highest BCUT2D eigenvalue weighted by atomic mass is 16.5. The van der Waals surface area contributed by atoms with Crippen molar-refractivity contribution in [3.8, 4) is 11.8 Å². The Morgan fingerprint density at radius 3 is 2.41 bits per heavy atom. The molecule has 0 heterocycles. The van der Waals surface area contributed by atoms with Crippen LogP contribution in [0.1, 0.15) is 43.7 Å². The van der Waals surface area contributed by atoms with Crippen molar-refractivity contribution >= 4 is 0 Å². The Kier molecular flexibility index (Phi) is 5.03. The summed E-state index contributed by atoms with van der Waals surface area (Å²) in [6.07, 6.45) is 2.04. The van der Waals surface area contributed by atoms with Crippen LogP contribution in [0.15, 0.2) is 18.2 Å². The van der Waals surface area contributed by atoms with Gasteiger partial charge in [-0.1, -0.05) is 44.4 Å². The van der Waals surface area contributed by atoms with Crippen molar-refractivity contribution in [1.29, 1.82) is 5.26 Å². The lowest BCUT2D eigenvalue weighted by Crippen LogP contribution is -2.11. The molecule has 1 unspecified atom stereocenters. The molecule has 0 amide bonds. The van der Waals surface area contributed by atoms with E-state index in [9.17, 15) is 5.26 Å². The van der Waals surface area contributed by atoms with Crippen LogP contribution >= 0.6 is 0 Å². The maximum Gasteiger partial charge on any atom is 0.123 e. The summed E-state index contributed by atoms with van der Waals surface area (Å²) >= 11 is 0.